The van der Waals surface area contributed by atoms with Crippen LogP contribution in [0.3, 0.4) is 0 Å². The Bertz CT molecular complexity index is 482. The molecule has 0 aliphatic rings. The van der Waals surface area contributed by atoms with E-state index in [0.29, 0.717) is 0 Å². The van der Waals surface area contributed by atoms with Crippen LogP contribution >= 0.6 is 0 Å². The van der Waals surface area contributed by atoms with E-state index in [9.17, 15) is 0 Å². The topological polar surface area (TPSA) is 42.1 Å². The first-order chi connectivity index (χ1) is 8.74. The van der Waals surface area contributed by atoms with Crippen LogP contribution in [0.25, 0.3) is 0 Å². The molecule has 3 nitrogen and oxygen atoms in total. The smallest absolute Gasteiger partial charge is 0.0543 e. The Morgan fingerprint density at radius 1 is 1.17 bits per heavy atom. The number of anilines is 1. The highest BCUT2D eigenvalue weighted by Crippen LogP contribution is 2.08. The average Bonchev–Trinajstić information content (AvgIpc) is 2.38. The highest BCUT2D eigenvalue weighted by Gasteiger charge is 2.01. The molecule has 0 aliphatic carbocycles. The zero-order chi connectivity index (χ0) is 12.8. The molecule has 2 aromatic rings. The molecule has 18 heavy (non-hydrogen) atoms. The minimum atomic E-state index is 0.833. The summed E-state index contributed by atoms with van der Waals surface area (Å²) in [5.74, 6) is 0. The minimum Gasteiger partial charge on any atom is -0.399 e. The Kier molecular flexibility index (Phi) is 4.31. The van der Waals surface area contributed by atoms with Gasteiger partial charge < -0.3 is 10.6 Å². The number of nitrogens with two attached hydrogens (primary N) is 1. The van der Waals surface area contributed by atoms with Crippen molar-refractivity contribution in [3.63, 3.8) is 0 Å². The molecule has 0 saturated heterocycles. The van der Waals surface area contributed by atoms with E-state index in [0.717, 1.165) is 30.9 Å². The van der Waals surface area contributed by atoms with Crippen LogP contribution in [-0.4, -0.2) is 23.5 Å². The lowest BCUT2D eigenvalue weighted by Gasteiger charge is -2.16. The number of hydrogen-bond donors (Lipinski definition) is 1. The molecule has 3 heteroatoms. The summed E-state index contributed by atoms with van der Waals surface area (Å²) in [4.78, 5) is 6.60. The second-order valence-electron chi connectivity index (χ2n) is 4.55. The Hall–Kier alpha value is -1.87. The van der Waals surface area contributed by atoms with Crippen LogP contribution in [0.5, 0.6) is 0 Å². The Morgan fingerprint density at radius 2 is 2.06 bits per heavy atom. The number of rotatable bonds is 5. The normalized spacial score (nSPS) is 10.8. The molecule has 1 heterocycles. The van der Waals surface area contributed by atoms with Crippen molar-refractivity contribution in [2.24, 2.45) is 0 Å². The molecule has 2 rings (SSSR count). The van der Waals surface area contributed by atoms with E-state index < -0.39 is 0 Å². The maximum atomic E-state index is 5.76. The van der Waals surface area contributed by atoms with E-state index >= 15 is 0 Å². The predicted molar refractivity (Wildman–Crippen MR) is 75.1 cm³/mol. The highest BCUT2D eigenvalue weighted by atomic mass is 15.1. The number of pyridine rings is 1. The minimum absolute atomic E-state index is 0.833. The van der Waals surface area contributed by atoms with Gasteiger partial charge in [-0.05, 0) is 43.3 Å². The van der Waals surface area contributed by atoms with Crippen molar-refractivity contribution in [1.29, 1.82) is 0 Å². The first-order valence-corrected chi connectivity index (χ1v) is 6.17. The zero-order valence-corrected chi connectivity index (χ0v) is 10.7. The fraction of sp³-hybridized carbons (Fsp3) is 0.267. The van der Waals surface area contributed by atoms with Gasteiger partial charge in [0.05, 0.1) is 5.69 Å². The number of benzene rings is 1. The molecule has 0 amide bonds. The van der Waals surface area contributed by atoms with Crippen LogP contribution in [0.15, 0.2) is 48.7 Å². The van der Waals surface area contributed by atoms with Crippen LogP contribution < -0.4 is 5.73 Å². The fourth-order valence-corrected chi connectivity index (χ4v) is 1.92. The van der Waals surface area contributed by atoms with Crippen LogP contribution in [-0.2, 0) is 13.0 Å². The van der Waals surface area contributed by atoms with Crippen molar-refractivity contribution in [2.75, 3.05) is 19.3 Å². The van der Waals surface area contributed by atoms with Crippen LogP contribution in [0.4, 0.5) is 5.69 Å². The standard InChI is InChI=1S/C15H19N3/c1-18(12-15-7-2-3-9-17-15)10-8-13-5-4-6-14(16)11-13/h2-7,9,11H,8,10,12,16H2,1H3. The Labute approximate surface area is 108 Å². The van der Waals surface area contributed by atoms with E-state index in [1.807, 2.05) is 36.5 Å². The van der Waals surface area contributed by atoms with Crippen molar-refractivity contribution in [1.82, 2.24) is 9.88 Å². The van der Waals surface area contributed by atoms with Gasteiger partial charge in [0.15, 0.2) is 0 Å². The van der Waals surface area contributed by atoms with Gasteiger partial charge >= 0.3 is 0 Å². The third-order valence-electron chi connectivity index (χ3n) is 2.89. The zero-order valence-electron chi connectivity index (χ0n) is 10.7. The third-order valence-corrected chi connectivity index (χ3v) is 2.89. The molecule has 0 aliphatic heterocycles. The van der Waals surface area contributed by atoms with E-state index in [2.05, 4.69) is 29.1 Å². The summed E-state index contributed by atoms with van der Waals surface area (Å²) in [6.07, 6.45) is 2.84. The third kappa shape index (κ3) is 3.86. The van der Waals surface area contributed by atoms with Gasteiger partial charge in [-0.15, -0.1) is 0 Å². The van der Waals surface area contributed by atoms with Gasteiger partial charge in [0.2, 0.25) is 0 Å². The monoisotopic (exact) mass is 241 g/mol. The largest absolute Gasteiger partial charge is 0.399 e. The summed E-state index contributed by atoms with van der Waals surface area (Å²) < 4.78 is 0. The maximum absolute atomic E-state index is 5.76. The molecule has 1 aromatic heterocycles. The van der Waals surface area contributed by atoms with Crippen molar-refractivity contribution < 1.29 is 0 Å². The first kappa shape index (κ1) is 12.6. The van der Waals surface area contributed by atoms with Gasteiger partial charge in [0.25, 0.3) is 0 Å². The molecule has 94 valence electrons. The molecule has 2 N–H and O–H groups in total. The SMILES string of the molecule is CN(CCc1cccc(N)c1)Cc1ccccn1. The van der Waals surface area contributed by atoms with Gasteiger partial charge in [0.1, 0.15) is 0 Å². The van der Waals surface area contributed by atoms with E-state index in [1.54, 1.807) is 0 Å². The molecule has 0 saturated carbocycles. The lowest BCUT2D eigenvalue weighted by atomic mass is 10.1. The van der Waals surface area contributed by atoms with E-state index in [-0.39, 0.29) is 0 Å². The van der Waals surface area contributed by atoms with Gasteiger partial charge in [-0.25, -0.2) is 0 Å². The van der Waals surface area contributed by atoms with Crippen LogP contribution in [0.1, 0.15) is 11.3 Å². The fourth-order valence-electron chi connectivity index (χ4n) is 1.92. The average molecular weight is 241 g/mol. The number of nitrogen functional groups attached to an aromatic ring is 1. The van der Waals surface area contributed by atoms with Gasteiger partial charge in [-0.3, -0.25) is 4.98 Å². The summed E-state index contributed by atoms with van der Waals surface area (Å²) in [5.41, 5.74) is 8.98. The number of nitrogens with zero attached hydrogens (tertiary/aromatic N) is 2. The lowest BCUT2D eigenvalue weighted by Crippen LogP contribution is -2.21. The molecule has 0 spiro atoms. The second kappa shape index (κ2) is 6.17. The van der Waals surface area contributed by atoms with Crippen molar-refractivity contribution in [2.45, 2.75) is 13.0 Å². The highest BCUT2D eigenvalue weighted by molar-refractivity contribution is 5.40. The van der Waals surface area contributed by atoms with E-state index in [1.165, 1.54) is 5.56 Å². The van der Waals surface area contributed by atoms with Crippen molar-refractivity contribution in [3.8, 4) is 0 Å². The molecule has 0 atom stereocenters. The quantitative estimate of drug-likeness (QED) is 0.817. The lowest BCUT2D eigenvalue weighted by molar-refractivity contribution is 0.327. The second-order valence-corrected chi connectivity index (χ2v) is 4.55. The molecule has 1 aromatic carbocycles. The maximum Gasteiger partial charge on any atom is 0.0543 e. The number of hydrogen-bond acceptors (Lipinski definition) is 3. The van der Waals surface area contributed by atoms with Crippen molar-refractivity contribution in [3.05, 3.63) is 59.9 Å². The van der Waals surface area contributed by atoms with Gasteiger partial charge in [0, 0.05) is 25.0 Å². The van der Waals surface area contributed by atoms with Crippen LogP contribution in [0, 0.1) is 0 Å². The summed E-state index contributed by atoms with van der Waals surface area (Å²) >= 11 is 0. The Balaban J connectivity index is 1.83. The molecular formula is C15H19N3. The van der Waals surface area contributed by atoms with Gasteiger partial charge in [-0.2, -0.15) is 0 Å². The van der Waals surface area contributed by atoms with Crippen LogP contribution in [0.2, 0.25) is 0 Å². The molecular weight excluding hydrogens is 222 g/mol. The predicted octanol–water partition coefficient (Wildman–Crippen LogP) is 2.34. The molecule has 0 fully saturated rings. The molecule has 0 bridgehead atoms. The summed E-state index contributed by atoms with van der Waals surface area (Å²) in [6.45, 7) is 1.88. The first-order valence-electron chi connectivity index (χ1n) is 6.17. The van der Waals surface area contributed by atoms with Gasteiger partial charge in [-0.1, -0.05) is 18.2 Å². The molecule has 0 radical (unpaired) electrons. The van der Waals surface area contributed by atoms with Crippen molar-refractivity contribution >= 4 is 5.69 Å². The number of aromatic nitrogens is 1. The summed E-state index contributed by atoms with van der Waals surface area (Å²) in [6, 6.07) is 14.1. The summed E-state index contributed by atoms with van der Waals surface area (Å²) in [5, 5.41) is 0. The van der Waals surface area contributed by atoms with E-state index in [4.69, 9.17) is 5.73 Å². The molecule has 0 unspecified atom stereocenters. The summed E-state index contributed by atoms with van der Waals surface area (Å²) in [7, 11) is 2.11. The number of likely N-dealkylation sites (N-methyl/N-ethyl adjacent to an activating group) is 1. The Morgan fingerprint density at radius 3 is 2.78 bits per heavy atom.